The molecule has 0 amide bonds. The summed E-state index contributed by atoms with van der Waals surface area (Å²) in [5, 5.41) is 22.4. The summed E-state index contributed by atoms with van der Waals surface area (Å²) in [6, 6.07) is 7.58. The molecule has 1 heterocycles. The molecule has 9 nitrogen and oxygen atoms in total. The molecular formula is C21H24FN5O4S. The number of hydrogen-bond donors (Lipinski definition) is 3. The minimum absolute atomic E-state index is 0.0708. The fraction of sp³-hybridized carbons (Fsp3) is 0.476. The van der Waals surface area contributed by atoms with Crippen molar-refractivity contribution in [1.29, 1.82) is 5.26 Å². The monoisotopic (exact) mass is 461 g/mol. The van der Waals surface area contributed by atoms with Gasteiger partial charge in [-0.2, -0.15) is 10.2 Å². The standard InChI is InChI=1S/C21H24FN5O4S/c22-14-9-16(10-14)27-32(29,30)17-7-5-15(6-8-17)25-21-24-12-13(11-23)20(26-21)31-19-4-2-1-3-18(19)28/h5-8,12,14,16,18-19,27-28H,1-4,9-10H2,(H,24,25,26)/t14-,16-,18-,19+/m0/s1. The molecule has 2 fully saturated rings. The molecule has 2 atom stereocenters. The van der Waals surface area contributed by atoms with Gasteiger partial charge >= 0.3 is 0 Å². The molecule has 0 unspecified atom stereocenters. The fourth-order valence-corrected chi connectivity index (χ4v) is 4.99. The maximum absolute atomic E-state index is 12.9. The average molecular weight is 462 g/mol. The van der Waals surface area contributed by atoms with Crippen LogP contribution in [0, 0.1) is 11.3 Å². The number of nitrogens with one attached hydrogen (secondary N) is 2. The van der Waals surface area contributed by atoms with E-state index in [0.717, 1.165) is 12.8 Å². The highest BCUT2D eigenvalue weighted by Crippen LogP contribution is 2.27. The molecule has 11 heteroatoms. The van der Waals surface area contributed by atoms with Gasteiger partial charge in [0.25, 0.3) is 0 Å². The molecule has 2 aliphatic rings. The Kier molecular flexibility index (Phi) is 6.55. The second-order valence-corrected chi connectivity index (χ2v) is 9.78. The topological polar surface area (TPSA) is 137 Å². The van der Waals surface area contributed by atoms with E-state index >= 15 is 0 Å². The number of aliphatic hydroxyl groups is 1. The first kappa shape index (κ1) is 22.4. The maximum atomic E-state index is 12.9. The molecule has 1 aromatic heterocycles. The van der Waals surface area contributed by atoms with Crippen LogP contribution in [0.4, 0.5) is 16.0 Å². The Labute approximate surface area is 185 Å². The number of sulfonamides is 1. The van der Waals surface area contributed by atoms with E-state index in [1.54, 1.807) is 12.1 Å². The van der Waals surface area contributed by atoms with E-state index in [9.17, 15) is 23.2 Å². The van der Waals surface area contributed by atoms with Gasteiger partial charge < -0.3 is 15.2 Å². The van der Waals surface area contributed by atoms with Gasteiger partial charge in [0.05, 0.1) is 17.2 Å². The van der Waals surface area contributed by atoms with Crippen molar-refractivity contribution in [2.45, 2.75) is 67.8 Å². The zero-order chi connectivity index (χ0) is 22.7. The Morgan fingerprint density at radius 1 is 1.19 bits per heavy atom. The number of ether oxygens (including phenoxy) is 1. The highest BCUT2D eigenvalue weighted by atomic mass is 32.2. The van der Waals surface area contributed by atoms with E-state index in [2.05, 4.69) is 20.0 Å². The number of aliphatic hydroxyl groups excluding tert-OH is 1. The Bertz CT molecular complexity index is 1100. The molecule has 4 rings (SSSR count). The molecule has 2 saturated carbocycles. The highest BCUT2D eigenvalue weighted by molar-refractivity contribution is 7.89. The van der Waals surface area contributed by atoms with Crippen LogP contribution in [-0.2, 0) is 10.0 Å². The molecule has 0 bridgehead atoms. The molecule has 2 aliphatic carbocycles. The van der Waals surface area contributed by atoms with Crippen LogP contribution in [-0.4, -0.2) is 47.9 Å². The fourth-order valence-electron chi connectivity index (χ4n) is 3.73. The van der Waals surface area contributed by atoms with Gasteiger partial charge in [-0.05, 0) is 56.4 Å². The van der Waals surface area contributed by atoms with Crippen molar-refractivity contribution in [1.82, 2.24) is 14.7 Å². The van der Waals surface area contributed by atoms with Crippen LogP contribution < -0.4 is 14.8 Å². The third kappa shape index (κ3) is 5.15. The number of nitriles is 1. The van der Waals surface area contributed by atoms with Crippen molar-refractivity contribution >= 4 is 21.7 Å². The van der Waals surface area contributed by atoms with Crippen molar-refractivity contribution in [3.05, 3.63) is 36.0 Å². The van der Waals surface area contributed by atoms with E-state index in [1.165, 1.54) is 18.3 Å². The van der Waals surface area contributed by atoms with Crippen LogP contribution in [0.15, 0.2) is 35.4 Å². The molecule has 2 aromatic rings. The third-order valence-electron chi connectivity index (χ3n) is 5.63. The van der Waals surface area contributed by atoms with E-state index in [4.69, 9.17) is 4.74 Å². The van der Waals surface area contributed by atoms with E-state index in [-0.39, 0.29) is 41.2 Å². The highest BCUT2D eigenvalue weighted by Gasteiger charge is 2.32. The van der Waals surface area contributed by atoms with Crippen molar-refractivity contribution in [3.8, 4) is 11.9 Å². The number of hydrogen-bond acceptors (Lipinski definition) is 8. The summed E-state index contributed by atoms with van der Waals surface area (Å²) in [6.07, 6.45) is 2.90. The molecule has 1 aromatic carbocycles. The summed E-state index contributed by atoms with van der Waals surface area (Å²) >= 11 is 0. The van der Waals surface area contributed by atoms with Crippen LogP contribution in [0.3, 0.4) is 0 Å². The Morgan fingerprint density at radius 3 is 2.56 bits per heavy atom. The second kappa shape index (κ2) is 9.36. The second-order valence-electron chi connectivity index (χ2n) is 8.07. The van der Waals surface area contributed by atoms with Crippen LogP contribution in [0.1, 0.15) is 44.1 Å². The lowest BCUT2D eigenvalue weighted by Crippen LogP contribution is -2.45. The lowest BCUT2D eigenvalue weighted by Gasteiger charge is -2.29. The predicted octanol–water partition coefficient (Wildman–Crippen LogP) is 2.55. The number of aromatic nitrogens is 2. The first-order chi connectivity index (χ1) is 15.3. The number of halogens is 1. The van der Waals surface area contributed by atoms with Crippen LogP contribution in [0.2, 0.25) is 0 Å². The largest absolute Gasteiger partial charge is 0.471 e. The first-order valence-electron chi connectivity index (χ1n) is 10.5. The maximum Gasteiger partial charge on any atom is 0.240 e. The molecule has 170 valence electrons. The van der Waals surface area contributed by atoms with Crippen molar-refractivity contribution < 1.29 is 22.7 Å². The minimum Gasteiger partial charge on any atom is -0.471 e. The normalized spacial score (nSPS) is 25.4. The first-order valence-corrected chi connectivity index (χ1v) is 12.0. The number of anilines is 2. The molecule has 0 saturated heterocycles. The molecule has 3 N–H and O–H groups in total. The van der Waals surface area contributed by atoms with Crippen molar-refractivity contribution in [2.24, 2.45) is 0 Å². The summed E-state index contributed by atoms with van der Waals surface area (Å²) in [6.45, 7) is 0. The van der Waals surface area contributed by atoms with Gasteiger partial charge in [0, 0.05) is 11.7 Å². The molecular weight excluding hydrogens is 437 g/mol. The van der Waals surface area contributed by atoms with Crippen LogP contribution >= 0.6 is 0 Å². The van der Waals surface area contributed by atoms with Gasteiger partial charge in [0.2, 0.25) is 21.9 Å². The quantitative estimate of drug-likeness (QED) is 0.572. The van der Waals surface area contributed by atoms with E-state index < -0.39 is 28.4 Å². The number of rotatable bonds is 7. The molecule has 0 radical (unpaired) electrons. The lowest BCUT2D eigenvalue weighted by molar-refractivity contribution is 0.00436. The third-order valence-corrected chi connectivity index (χ3v) is 7.16. The Morgan fingerprint density at radius 2 is 1.91 bits per heavy atom. The van der Waals surface area contributed by atoms with E-state index in [0.29, 0.717) is 18.5 Å². The smallest absolute Gasteiger partial charge is 0.240 e. The predicted molar refractivity (Wildman–Crippen MR) is 114 cm³/mol. The average Bonchev–Trinajstić information content (AvgIpc) is 2.75. The van der Waals surface area contributed by atoms with Crippen LogP contribution in [0.25, 0.3) is 0 Å². The lowest BCUT2D eigenvalue weighted by atomic mass is 9.92. The molecule has 32 heavy (non-hydrogen) atoms. The van der Waals surface area contributed by atoms with Crippen molar-refractivity contribution in [3.63, 3.8) is 0 Å². The zero-order valence-corrected chi connectivity index (χ0v) is 18.1. The van der Waals surface area contributed by atoms with Gasteiger partial charge in [-0.3, -0.25) is 0 Å². The summed E-state index contributed by atoms with van der Waals surface area (Å²) in [5.74, 6) is 0.257. The number of benzene rings is 1. The van der Waals surface area contributed by atoms with Gasteiger partial charge in [-0.1, -0.05) is 6.42 Å². The van der Waals surface area contributed by atoms with E-state index in [1.807, 2.05) is 6.07 Å². The minimum atomic E-state index is -3.73. The van der Waals surface area contributed by atoms with Gasteiger partial charge in [0.15, 0.2) is 0 Å². The number of nitrogens with zero attached hydrogens (tertiary/aromatic N) is 3. The van der Waals surface area contributed by atoms with Gasteiger partial charge in [-0.25, -0.2) is 22.5 Å². The van der Waals surface area contributed by atoms with Crippen LogP contribution in [0.5, 0.6) is 5.88 Å². The molecule has 0 aliphatic heterocycles. The number of alkyl halides is 1. The van der Waals surface area contributed by atoms with Gasteiger partial charge in [0.1, 0.15) is 23.9 Å². The SMILES string of the molecule is N#Cc1cnc(Nc2ccc(S(=O)(=O)N[C@H]3C[C@H](F)C3)cc2)nc1O[C@@H]1CCCC[C@@H]1O. The summed E-state index contributed by atoms with van der Waals surface area (Å²) in [7, 11) is -3.73. The summed E-state index contributed by atoms with van der Waals surface area (Å²) in [4.78, 5) is 8.43. The summed E-state index contributed by atoms with van der Waals surface area (Å²) < 4.78 is 46.0. The zero-order valence-electron chi connectivity index (χ0n) is 17.2. The van der Waals surface area contributed by atoms with Crippen molar-refractivity contribution in [2.75, 3.05) is 5.32 Å². The van der Waals surface area contributed by atoms with Gasteiger partial charge in [-0.15, -0.1) is 0 Å². The molecule has 0 spiro atoms. The Hall–Kier alpha value is -2.81. The Balaban J connectivity index is 1.45. The summed E-state index contributed by atoms with van der Waals surface area (Å²) in [5.41, 5.74) is 0.692.